The Morgan fingerprint density at radius 1 is 1.29 bits per heavy atom. The lowest BCUT2D eigenvalue weighted by atomic mass is 9.68. The van der Waals surface area contributed by atoms with Crippen molar-refractivity contribution in [2.45, 2.75) is 47.5 Å². The highest BCUT2D eigenvalue weighted by molar-refractivity contribution is 5.29. The Kier molecular flexibility index (Phi) is 6.91. The molecule has 0 fully saturated rings. The first-order valence-corrected chi connectivity index (χ1v) is 7.84. The number of rotatable bonds is 5. The maximum atomic E-state index is 8.81. The number of hydrogen-bond acceptors (Lipinski definition) is 1. The van der Waals surface area contributed by atoms with E-state index >= 15 is 0 Å². The third-order valence-electron chi connectivity index (χ3n) is 4.27. The summed E-state index contributed by atoms with van der Waals surface area (Å²) in [6, 6.07) is 0. The molecule has 1 heteroatoms. The molecule has 116 valence electrons. The van der Waals surface area contributed by atoms with Crippen molar-refractivity contribution in [3.63, 3.8) is 0 Å². The standard InChI is InChI=1S/C20H30O/c1-16(8-6-9-17(2)13-15-21)11-12-19-18(3)10-7-14-20(19,4)5/h6,8-13,19,21H,7,14-15H2,1-5H3/b9-6+,12-11+,16-8+,17-13+/t19-/m0/s1. The molecule has 1 nitrogen and oxygen atoms in total. The lowest BCUT2D eigenvalue weighted by molar-refractivity contribution is 0.255. The molecule has 0 aliphatic heterocycles. The van der Waals surface area contributed by atoms with Crippen molar-refractivity contribution in [1.82, 2.24) is 0 Å². The van der Waals surface area contributed by atoms with Crippen LogP contribution in [0.3, 0.4) is 0 Å². The van der Waals surface area contributed by atoms with Crippen LogP contribution in [-0.2, 0) is 0 Å². The molecule has 1 rings (SSSR count). The molecule has 0 saturated heterocycles. The molecule has 21 heavy (non-hydrogen) atoms. The van der Waals surface area contributed by atoms with E-state index in [4.69, 9.17) is 5.11 Å². The lowest BCUT2D eigenvalue weighted by Gasteiger charge is -2.36. The minimum Gasteiger partial charge on any atom is -0.392 e. The Hall–Kier alpha value is -1.34. The van der Waals surface area contributed by atoms with Gasteiger partial charge < -0.3 is 5.11 Å². The highest BCUT2D eigenvalue weighted by Crippen LogP contribution is 2.41. The lowest BCUT2D eigenvalue weighted by Crippen LogP contribution is -2.26. The van der Waals surface area contributed by atoms with Crippen LogP contribution in [0.2, 0.25) is 0 Å². The zero-order valence-electron chi connectivity index (χ0n) is 14.2. The molecular formula is C20H30O. The van der Waals surface area contributed by atoms with Gasteiger partial charge in [-0.2, -0.15) is 0 Å². The minimum atomic E-state index is 0.0984. The predicted molar refractivity (Wildman–Crippen MR) is 93.1 cm³/mol. The third kappa shape index (κ3) is 5.89. The summed E-state index contributed by atoms with van der Waals surface area (Å²) in [5.41, 5.74) is 4.17. The van der Waals surface area contributed by atoms with Crippen LogP contribution in [0.15, 0.2) is 59.3 Å². The van der Waals surface area contributed by atoms with Gasteiger partial charge in [-0.15, -0.1) is 0 Å². The van der Waals surface area contributed by atoms with Gasteiger partial charge in [-0.3, -0.25) is 0 Å². The average molecular weight is 286 g/mol. The molecule has 1 aliphatic carbocycles. The molecule has 0 aromatic rings. The van der Waals surface area contributed by atoms with E-state index in [-0.39, 0.29) is 6.61 Å². The Labute approximate surface area is 130 Å². The molecule has 0 radical (unpaired) electrons. The summed E-state index contributed by atoms with van der Waals surface area (Å²) in [5, 5.41) is 8.81. The summed E-state index contributed by atoms with van der Waals surface area (Å²) in [7, 11) is 0. The Balaban J connectivity index is 2.73. The molecule has 0 bridgehead atoms. The number of aliphatic hydroxyl groups is 1. The summed E-state index contributed by atoms with van der Waals surface area (Å²) < 4.78 is 0. The average Bonchev–Trinajstić information content (AvgIpc) is 2.37. The van der Waals surface area contributed by atoms with Gasteiger partial charge in [0.15, 0.2) is 0 Å². The second-order valence-corrected chi connectivity index (χ2v) is 6.71. The fourth-order valence-electron chi connectivity index (χ4n) is 2.85. The first-order valence-electron chi connectivity index (χ1n) is 7.84. The van der Waals surface area contributed by atoms with E-state index in [1.807, 2.05) is 19.1 Å². The summed E-state index contributed by atoms with van der Waals surface area (Å²) in [6.45, 7) is 11.2. The second-order valence-electron chi connectivity index (χ2n) is 6.71. The Bertz CT molecular complexity index is 484. The predicted octanol–water partition coefficient (Wildman–Crippen LogP) is 5.37. The van der Waals surface area contributed by atoms with E-state index in [1.54, 1.807) is 6.08 Å². The van der Waals surface area contributed by atoms with Gasteiger partial charge in [0.1, 0.15) is 0 Å². The van der Waals surface area contributed by atoms with Gasteiger partial charge in [0, 0.05) is 5.92 Å². The maximum Gasteiger partial charge on any atom is 0.0617 e. The van der Waals surface area contributed by atoms with Crippen LogP contribution in [0.1, 0.15) is 47.5 Å². The molecule has 0 unspecified atom stereocenters. The van der Waals surface area contributed by atoms with Crippen molar-refractivity contribution in [1.29, 1.82) is 0 Å². The second kappa shape index (κ2) is 8.19. The van der Waals surface area contributed by atoms with Crippen molar-refractivity contribution >= 4 is 0 Å². The number of hydrogen-bond donors (Lipinski definition) is 1. The first kappa shape index (κ1) is 17.7. The molecule has 0 aromatic heterocycles. The Morgan fingerprint density at radius 2 is 2.00 bits per heavy atom. The highest BCUT2D eigenvalue weighted by atomic mass is 16.2. The van der Waals surface area contributed by atoms with Gasteiger partial charge in [-0.1, -0.05) is 73.1 Å². The van der Waals surface area contributed by atoms with Crippen molar-refractivity contribution in [3.05, 3.63) is 59.3 Å². The van der Waals surface area contributed by atoms with E-state index in [0.717, 1.165) is 5.57 Å². The van der Waals surface area contributed by atoms with Crippen molar-refractivity contribution in [3.8, 4) is 0 Å². The van der Waals surface area contributed by atoms with Crippen LogP contribution in [0.4, 0.5) is 0 Å². The number of allylic oxidation sites excluding steroid dienone is 9. The monoisotopic (exact) mass is 286 g/mol. The molecule has 0 amide bonds. The molecule has 0 spiro atoms. The summed E-state index contributed by atoms with van der Waals surface area (Å²) >= 11 is 0. The molecular weight excluding hydrogens is 256 g/mol. The molecule has 1 aliphatic rings. The van der Waals surface area contributed by atoms with Crippen LogP contribution in [-0.4, -0.2) is 11.7 Å². The van der Waals surface area contributed by atoms with Gasteiger partial charge in [-0.25, -0.2) is 0 Å². The maximum absolute atomic E-state index is 8.81. The van der Waals surface area contributed by atoms with Gasteiger partial charge >= 0.3 is 0 Å². The number of aliphatic hydroxyl groups excluding tert-OH is 1. The van der Waals surface area contributed by atoms with Crippen LogP contribution in [0.5, 0.6) is 0 Å². The fraction of sp³-hybridized carbons (Fsp3) is 0.500. The van der Waals surface area contributed by atoms with Crippen LogP contribution in [0.25, 0.3) is 0 Å². The largest absolute Gasteiger partial charge is 0.392 e. The Morgan fingerprint density at radius 3 is 2.62 bits per heavy atom. The van der Waals surface area contributed by atoms with Crippen molar-refractivity contribution in [2.75, 3.05) is 6.61 Å². The van der Waals surface area contributed by atoms with Gasteiger partial charge in [0.25, 0.3) is 0 Å². The first-order chi connectivity index (χ1) is 9.86. The summed E-state index contributed by atoms with van der Waals surface area (Å²) in [4.78, 5) is 0. The van der Waals surface area contributed by atoms with E-state index in [2.05, 4.69) is 52.0 Å². The SMILES string of the molecule is CC1=CCCC(C)(C)[C@H]1/C=C/C(C)=C/C=C/C(C)=C/CO. The van der Waals surface area contributed by atoms with Crippen LogP contribution in [0, 0.1) is 11.3 Å². The summed E-state index contributed by atoms with van der Waals surface area (Å²) in [5.74, 6) is 0.537. The fourth-order valence-corrected chi connectivity index (χ4v) is 2.85. The van der Waals surface area contributed by atoms with E-state index in [1.165, 1.54) is 24.0 Å². The van der Waals surface area contributed by atoms with E-state index < -0.39 is 0 Å². The van der Waals surface area contributed by atoms with E-state index in [9.17, 15) is 0 Å². The molecule has 0 saturated carbocycles. The van der Waals surface area contributed by atoms with Crippen LogP contribution < -0.4 is 0 Å². The van der Waals surface area contributed by atoms with Crippen molar-refractivity contribution < 1.29 is 5.11 Å². The normalized spacial score (nSPS) is 23.9. The minimum absolute atomic E-state index is 0.0984. The molecule has 0 aromatic carbocycles. The zero-order chi connectivity index (χ0) is 15.9. The van der Waals surface area contributed by atoms with Gasteiger partial charge in [-0.05, 0) is 39.0 Å². The van der Waals surface area contributed by atoms with Gasteiger partial charge in [0.05, 0.1) is 6.61 Å². The van der Waals surface area contributed by atoms with Crippen LogP contribution >= 0.6 is 0 Å². The molecule has 1 N–H and O–H groups in total. The van der Waals surface area contributed by atoms with Gasteiger partial charge in [0.2, 0.25) is 0 Å². The molecule has 0 heterocycles. The molecule has 1 atom stereocenters. The quantitative estimate of drug-likeness (QED) is 0.532. The topological polar surface area (TPSA) is 20.2 Å². The zero-order valence-corrected chi connectivity index (χ0v) is 14.2. The smallest absolute Gasteiger partial charge is 0.0617 e. The highest BCUT2D eigenvalue weighted by Gasteiger charge is 2.30. The van der Waals surface area contributed by atoms with Crippen molar-refractivity contribution in [2.24, 2.45) is 11.3 Å². The van der Waals surface area contributed by atoms with E-state index in [0.29, 0.717) is 11.3 Å². The summed E-state index contributed by atoms with van der Waals surface area (Å²) in [6.07, 6.45) is 17.4. The third-order valence-corrected chi connectivity index (χ3v) is 4.27.